The first kappa shape index (κ1) is 12.7. The molecule has 0 unspecified atom stereocenters. The highest BCUT2D eigenvalue weighted by Gasteiger charge is 2.33. The van der Waals surface area contributed by atoms with Crippen LogP contribution in [0, 0.1) is 12.8 Å². The Morgan fingerprint density at radius 2 is 2.28 bits per heavy atom. The summed E-state index contributed by atoms with van der Waals surface area (Å²) in [5.74, 6) is 0.145. The van der Waals surface area contributed by atoms with Gasteiger partial charge >= 0.3 is 0 Å². The van der Waals surface area contributed by atoms with Gasteiger partial charge in [-0.15, -0.1) is 0 Å². The molecule has 1 N–H and O–H groups in total. The minimum absolute atomic E-state index is 0.244. The van der Waals surface area contributed by atoms with Gasteiger partial charge in [0, 0.05) is 19.3 Å². The summed E-state index contributed by atoms with van der Waals surface area (Å²) in [5, 5.41) is 2.22. The van der Waals surface area contributed by atoms with Crippen molar-refractivity contribution in [3.05, 3.63) is 18.1 Å². The highest BCUT2D eigenvalue weighted by atomic mass is 19.3. The minimum atomic E-state index is -2.51. The van der Waals surface area contributed by atoms with Crippen molar-refractivity contribution in [1.82, 2.24) is 15.3 Å². The van der Waals surface area contributed by atoms with E-state index in [2.05, 4.69) is 15.3 Å². The Hall–Kier alpha value is -1.79. The van der Waals surface area contributed by atoms with E-state index in [-0.39, 0.29) is 11.8 Å². The number of halogens is 2. The van der Waals surface area contributed by atoms with Gasteiger partial charge in [0.25, 0.3) is 6.43 Å². The molecule has 0 aromatic carbocycles. The molecule has 0 spiro atoms. The number of aryl methyl sites for hydroxylation is 1. The second kappa shape index (κ2) is 5.24. The number of alkyl halides is 2. The van der Waals surface area contributed by atoms with Crippen LogP contribution in [0.25, 0.3) is 0 Å². The van der Waals surface area contributed by atoms with E-state index in [1.165, 1.54) is 0 Å². The molecule has 7 heteroatoms. The number of hydrogen-bond acceptors (Lipinski definition) is 4. The number of nitrogens with zero attached hydrogens (tertiary/aromatic N) is 3. The molecule has 1 aromatic rings. The van der Waals surface area contributed by atoms with Gasteiger partial charge in [-0.2, -0.15) is 0 Å². The van der Waals surface area contributed by atoms with E-state index in [4.69, 9.17) is 0 Å². The maximum absolute atomic E-state index is 11.9. The third-order valence-corrected chi connectivity index (χ3v) is 2.75. The number of amides is 1. The Labute approximate surface area is 103 Å². The van der Waals surface area contributed by atoms with Crippen molar-refractivity contribution >= 4 is 11.7 Å². The van der Waals surface area contributed by atoms with Gasteiger partial charge in [0.05, 0.1) is 24.4 Å². The smallest absolute Gasteiger partial charge is 0.255 e. The quantitative estimate of drug-likeness (QED) is 0.857. The first-order valence-electron chi connectivity index (χ1n) is 5.65. The van der Waals surface area contributed by atoms with Crippen LogP contribution in [0.4, 0.5) is 14.6 Å². The summed E-state index contributed by atoms with van der Waals surface area (Å²) in [6.45, 7) is 2.24. The van der Waals surface area contributed by atoms with E-state index in [1.54, 1.807) is 12.4 Å². The third kappa shape index (κ3) is 2.91. The van der Waals surface area contributed by atoms with Crippen LogP contribution in [0.5, 0.6) is 0 Å². The Bertz CT molecular complexity index is 435. The molecular formula is C11H14F2N4O. The van der Waals surface area contributed by atoms with Crippen molar-refractivity contribution < 1.29 is 13.6 Å². The lowest BCUT2D eigenvalue weighted by molar-refractivity contribution is -0.126. The fourth-order valence-corrected chi connectivity index (χ4v) is 1.76. The Kier molecular flexibility index (Phi) is 3.69. The van der Waals surface area contributed by atoms with Crippen LogP contribution in [0.1, 0.15) is 5.69 Å². The fraction of sp³-hybridized carbons (Fsp3) is 0.545. The van der Waals surface area contributed by atoms with E-state index < -0.39 is 13.0 Å². The van der Waals surface area contributed by atoms with Gasteiger partial charge in [-0.05, 0) is 6.92 Å². The fourth-order valence-electron chi connectivity index (χ4n) is 1.76. The molecule has 5 nitrogen and oxygen atoms in total. The van der Waals surface area contributed by atoms with Gasteiger partial charge in [0.1, 0.15) is 5.82 Å². The lowest BCUT2D eigenvalue weighted by Crippen LogP contribution is -2.54. The Morgan fingerprint density at radius 3 is 2.89 bits per heavy atom. The molecule has 1 aliphatic rings. The Balaban J connectivity index is 1.81. The van der Waals surface area contributed by atoms with E-state index >= 15 is 0 Å². The van der Waals surface area contributed by atoms with Crippen LogP contribution in [-0.4, -0.2) is 41.9 Å². The normalized spacial score (nSPS) is 15.7. The molecule has 0 atom stereocenters. The van der Waals surface area contributed by atoms with Crippen LogP contribution < -0.4 is 10.2 Å². The molecule has 0 radical (unpaired) electrons. The maximum atomic E-state index is 11.9. The van der Waals surface area contributed by atoms with Gasteiger partial charge in [-0.25, -0.2) is 13.8 Å². The predicted octanol–water partition coefficient (Wildman–Crippen LogP) is 0.603. The van der Waals surface area contributed by atoms with Crippen LogP contribution in [-0.2, 0) is 4.79 Å². The highest BCUT2D eigenvalue weighted by Crippen LogP contribution is 2.22. The average molecular weight is 256 g/mol. The molecule has 1 amide bonds. The number of aromatic nitrogens is 2. The van der Waals surface area contributed by atoms with Crippen LogP contribution in [0.2, 0.25) is 0 Å². The summed E-state index contributed by atoms with van der Waals surface area (Å²) in [6.07, 6.45) is 0.768. The number of hydrogen-bond donors (Lipinski definition) is 1. The minimum Gasteiger partial charge on any atom is -0.354 e. The molecule has 1 aliphatic heterocycles. The monoisotopic (exact) mass is 256 g/mol. The van der Waals surface area contributed by atoms with Crippen molar-refractivity contribution in [3.8, 4) is 0 Å². The van der Waals surface area contributed by atoms with Gasteiger partial charge in [0.15, 0.2) is 0 Å². The summed E-state index contributed by atoms with van der Waals surface area (Å²) in [4.78, 5) is 21.6. The number of nitrogens with one attached hydrogen (secondary N) is 1. The SMILES string of the molecule is Cc1cncc(N2CC(C(=O)NCC(F)F)C2)n1. The van der Waals surface area contributed by atoms with E-state index in [0.29, 0.717) is 18.9 Å². The summed E-state index contributed by atoms with van der Waals surface area (Å²) in [6, 6.07) is 0. The van der Waals surface area contributed by atoms with Crippen LogP contribution in [0.15, 0.2) is 12.4 Å². The van der Waals surface area contributed by atoms with Gasteiger partial charge in [0.2, 0.25) is 5.91 Å². The number of carbonyl (C=O) groups is 1. The van der Waals surface area contributed by atoms with Crippen molar-refractivity contribution in [3.63, 3.8) is 0 Å². The predicted molar refractivity (Wildman–Crippen MR) is 61.5 cm³/mol. The van der Waals surface area contributed by atoms with E-state index in [1.807, 2.05) is 11.8 Å². The standard InChI is InChI=1S/C11H14F2N4O/c1-7-2-14-4-10(16-7)17-5-8(6-17)11(18)15-3-9(12)13/h2,4,8-9H,3,5-6H2,1H3,(H,15,18). The summed E-state index contributed by atoms with van der Waals surface area (Å²) >= 11 is 0. The highest BCUT2D eigenvalue weighted by molar-refractivity contribution is 5.81. The molecule has 0 bridgehead atoms. The Morgan fingerprint density at radius 1 is 1.56 bits per heavy atom. The van der Waals surface area contributed by atoms with Gasteiger partial charge in [-0.1, -0.05) is 0 Å². The van der Waals surface area contributed by atoms with Crippen LogP contribution >= 0.6 is 0 Å². The van der Waals surface area contributed by atoms with Gasteiger partial charge < -0.3 is 10.2 Å². The second-order valence-corrected chi connectivity index (χ2v) is 4.26. The molecule has 98 valence electrons. The van der Waals surface area contributed by atoms with E-state index in [0.717, 1.165) is 5.69 Å². The lowest BCUT2D eigenvalue weighted by atomic mass is 9.99. The number of rotatable bonds is 4. The lowest BCUT2D eigenvalue weighted by Gasteiger charge is -2.38. The molecule has 1 aromatic heterocycles. The number of carbonyl (C=O) groups excluding carboxylic acids is 1. The summed E-state index contributed by atoms with van der Waals surface area (Å²) < 4.78 is 23.8. The molecular weight excluding hydrogens is 242 g/mol. The first-order chi connectivity index (χ1) is 8.56. The molecule has 1 fully saturated rings. The van der Waals surface area contributed by atoms with Crippen LogP contribution in [0.3, 0.4) is 0 Å². The van der Waals surface area contributed by atoms with Crippen molar-refractivity contribution in [2.75, 3.05) is 24.5 Å². The largest absolute Gasteiger partial charge is 0.354 e. The molecule has 0 aliphatic carbocycles. The first-order valence-corrected chi connectivity index (χ1v) is 5.65. The summed E-state index contributed by atoms with van der Waals surface area (Å²) in [5.41, 5.74) is 0.804. The molecule has 0 saturated carbocycles. The molecule has 1 saturated heterocycles. The molecule has 18 heavy (non-hydrogen) atoms. The zero-order chi connectivity index (χ0) is 13.1. The zero-order valence-corrected chi connectivity index (χ0v) is 9.94. The average Bonchev–Trinajstić information content (AvgIpc) is 2.24. The maximum Gasteiger partial charge on any atom is 0.255 e. The van der Waals surface area contributed by atoms with E-state index in [9.17, 15) is 13.6 Å². The van der Waals surface area contributed by atoms with Crippen molar-refractivity contribution in [2.45, 2.75) is 13.3 Å². The summed E-state index contributed by atoms with van der Waals surface area (Å²) in [7, 11) is 0. The van der Waals surface area contributed by atoms with Gasteiger partial charge in [-0.3, -0.25) is 9.78 Å². The number of anilines is 1. The third-order valence-electron chi connectivity index (χ3n) is 2.75. The zero-order valence-electron chi connectivity index (χ0n) is 9.94. The molecule has 2 rings (SSSR count). The van der Waals surface area contributed by atoms with Crippen molar-refractivity contribution in [1.29, 1.82) is 0 Å². The second-order valence-electron chi connectivity index (χ2n) is 4.26. The topological polar surface area (TPSA) is 58.1 Å². The molecule has 2 heterocycles. The van der Waals surface area contributed by atoms with Crippen molar-refractivity contribution in [2.24, 2.45) is 5.92 Å².